The Balaban J connectivity index is 2.27. The molecule has 1 aromatic heterocycles. The normalized spacial score (nSPS) is 14.3. The summed E-state index contributed by atoms with van der Waals surface area (Å²) in [6.07, 6.45) is 0.837. The molecule has 0 saturated heterocycles. The van der Waals surface area contributed by atoms with Gasteiger partial charge in [-0.1, -0.05) is 28.9 Å². The number of alkyl halides is 1. The van der Waals surface area contributed by atoms with Crippen LogP contribution in [0.3, 0.4) is 0 Å². The molecular weight excluding hydrogens is 329 g/mol. The zero-order chi connectivity index (χ0) is 14.0. The molecule has 0 aliphatic heterocycles. The third-order valence-corrected chi connectivity index (χ3v) is 5.53. The van der Waals surface area contributed by atoms with Crippen molar-refractivity contribution in [3.8, 4) is 0 Å². The number of hydrogen-bond acceptors (Lipinski definition) is 2. The lowest BCUT2D eigenvalue weighted by Gasteiger charge is -2.26. The molecular formula is C14H15BrFNOS. The lowest BCUT2D eigenvalue weighted by molar-refractivity contribution is 0.0917. The number of benzene rings is 1. The summed E-state index contributed by atoms with van der Waals surface area (Å²) in [6.45, 7) is 4.02. The molecule has 1 amide bonds. The Labute approximate surface area is 124 Å². The number of nitrogens with one attached hydrogen (secondary N) is 1. The standard InChI is InChI=1S/C14H15BrFNOS/c1-3-14(2,8-15)17-13(18)12-6-9-4-5-10(16)7-11(9)19-12/h4-7H,3,8H2,1-2H3,(H,17,18). The van der Waals surface area contributed by atoms with Gasteiger partial charge >= 0.3 is 0 Å². The fourth-order valence-electron chi connectivity index (χ4n) is 1.67. The van der Waals surface area contributed by atoms with Gasteiger partial charge in [-0.05, 0) is 36.9 Å². The Hall–Kier alpha value is -0.940. The van der Waals surface area contributed by atoms with E-state index in [2.05, 4.69) is 21.2 Å². The Bertz CT molecular complexity index is 607. The van der Waals surface area contributed by atoms with E-state index in [4.69, 9.17) is 0 Å². The zero-order valence-corrected chi connectivity index (χ0v) is 13.2. The molecule has 0 fully saturated rings. The maximum absolute atomic E-state index is 13.1. The number of rotatable bonds is 4. The largest absolute Gasteiger partial charge is 0.345 e. The molecule has 2 aromatic rings. The van der Waals surface area contributed by atoms with Crippen molar-refractivity contribution in [2.24, 2.45) is 0 Å². The second-order valence-electron chi connectivity index (χ2n) is 4.79. The van der Waals surface area contributed by atoms with Gasteiger partial charge < -0.3 is 5.32 Å². The van der Waals surface area contributed by atoms with Crippen molar-refractivity contribution < 1.29 is 9.18 Å². The first-order valence-electron chi connectivity index (χ1n) is 6.05. The fourth-order valence-corrected chi connectivity index (χ4v) is 3.19. The molecule has 1 N–H and O–H groups in total. The predicted molar refractivity (Wildman–Crippen MR) is 81.7 cm³/mol. The summed E-state index contributed by atoms with van der Waals surface area (Å²) in [4.78, 5) is 12.8. The minimum atomic E-state index is -0.278. The van der Waals surface area contributed by atoms with Crippen molar-refractivity contribution in [2.75, 3.05) is 5.33 Å². The molecule has 0 saturated carbocycles. The van der Waals surface area contributed by atoms with Crippen LogP contribution in [-0.4, -0.2) is 16.8 Å². The molecule has 1 aromatic carbocycles. The van der Waals surface area contributed by atoms with Crippen LogP contribution in [0.1, 0.15) is 29.9 Å². The molecule has 19 heavy (non-hydrogen) atoms. The first-order valence-corrected chi connectivity index (χ1v) is 7.99. The van der Waals surface area contributed by atoms with E-state index in [0.717, 1.165) is 16.5 Å². The zero-order valence-electron chi connectivity index (χ0n) is 10.8. The van der Waals surface area contributed by atoms with Crippen molar-refractivity contribution in [3.63, 3.8) is 0 Å². The third-order valence-electron chi connectivity index (χ3n) is 3.20. The number of hydrogen-bond donors (Lipinski definition) is 1. The predicted octanol–water partition coefficient (Wildman–Crippen LogP) is 4.33. The number of carbonyl (C=O) groups excluding carboxylic acids is 1. The first-order chi connectivity index (χ1) is 8.97. The summed E-state index contributed by atoms with van der Waals surface area (Å²) in [5.41, 5.74) is -0.265. The molecule has 1 unspecified atom stereocenters. The number of carbonyl (C=O) groups is 1. The van der Waals surface area contributed by atoms with Gasteiger partial charge in [0.2, 0.25) is 0 Å². The van der Waals surface area contributed by atoms with Gasteiger partial charge in [-0.15, -0.1) is 11.3 Å². The summed E-state index contributed by atoms with van der Waals surface area (Å²) >= 11 is 4.73. The molecule has 2 rings (SSSR count). The van der Waals surface area contributed by atoms with Crippen LogP contribution < -0.4 is 5.32 Å². The molecule has 0 radical (unpaired) electrons. The fraction of sp³-hybridized carbons (Fsp3) is 0.357. The molecule has 0 spiro atoms. The van der Waals surface area contributed by atoms with Gasteiger partial charge in [-0.3, -0.25) is 4.79 Å². The lowest BCUT2D eigenvalue weighted by Crippen LogP contribution is -2.46. The van der Waals surface area contributed by atoms with E-state index in [1.807, 2.05) is 13.8 Å². The van der Waals surface area contributed by atoms with Crippen LogP contribution in [-0.2, 0) is 0 Å². The highest BCUT2D eigenvalue weighted by molar-refractivity contribution is 9.09. The van der Waals surface area contributed by atoms with E-state index in [1.165, 1.54) is 23.5 Å². The second-order valence-corrected chi connectivity index (χ2v) is 6.44. The smallest absolute Gasteiger partial charge is 0.261 e. The van der Waals surface area contributed by atoms with Crippen molar-refractivity contribution in [1.29, 1.82) is 0 Å². The second kappa shape index (κ2) is 5.59. The van der Waals surface area contributed by atoms with Crippen molar-refractivity contribution in [2.45, 2.75) is 25.8 Å². The Kier molecular flexibility index (Phi) is 4.26. The quantitative estimate of drug-likeness (QED) is 0.822. The van der Waals surface area contributed by atoms with E-state index >= 15 is 0 Å². The van der Waals surface area contributed by atoms with Gasteiger partial charge in [0, 0.05) is 15.6 Å². The van der Waals surface area contributed by atoms with Gasteiger partial charge in [0.15, 0.2) is 0 Å². The van der Waals surface area contributed by atoms with Gasteiger partial charge in [0.1, 0.15) is 5.82 Å². The monoisotopic (exact) mass is 343 g/mol. The molecule has 0 bridgehead atoms. The minimum absolute atomic E-state index is 0.106. The van der Waals surface area contributed by atoms with Crippen LogP contribution >= 0.6 is 27.3 Å². The third kappa shape index (κ3) is 3.15. The summed E-state index contributed by atoms with van der Waals surface area (Å²) in [7, 11) is 0. The van der Waals surface area contributed by atoms with E-state index in [9.17, 15) is 9.18 Å². The molecule has 1 atom stereocenters. The van der Waals surface area contributed by atoms with Gasteiger partial charge in [0.25, 0.3) is 5.91 Å². The molecule has 1 heterocycles. The van der Waals surface area contributed by atoms with Crippen molar-refractivity contribution in [3.05, 3.63) is 35.0 Å². The summed E-state index contributed by atoms with van der Waals surface area (Å²) in [5.74, 6) is -0.384. The summed E-state index contributed by atoms with van der Waals surface area (Å²) in [6, 6.07) is 6.37. The highest BCUT2D eigenvalue weighted by atomic mass is 79.9. The van der Waals surface area contributed by atoms with Crippen molar-refractivity contribution >= 4 is 43.3 Å². The molecule has 5 heteroatoms. The van der Waals surface area contributed by atoms with E-state index in [-0.39, 0.29) is 17.3 Å². The number of thiophene rings is 1. The maximum atomic E-state index is 13.1. The average Bonchev–Trinajstić information content (AvgIpc) is 2.81. The number of halogens is 2. The van der Waals surface area contributed by atoms with Crippen molar-refractivity contribution in [1.82, 2.24) is 5.32 Å². The average molecular weight is 344 g/mol. The van der Waals surface area contributed by atoms with Gasteiger partial charge in [-0.2, -0.15) is 0 Å². The minimum Gasteiger partial charge on any atom is -0.345 e. The molecule has 0 aliphatic carbocycles. The summed E-state index contributed by atoms with van der Waals surface area (Å²) in [5, 5.41) is 4.61. The van der Waals surface area contributed by atoms with E-state index in [1.54, 1.807) is 12.1 Å². The number of amides is 1. The topological polar surface area (TPSA) is 29.1 Å². The Morgan fingerprint density at radius 2 is 2.21 bits per heavy atom. The summed E-state index contributed by atoms with van der Waals surface area (Å²) < 4.78 is 13.9. The van der Waals surface area contributed by atoms with Crippen LogP contribution in [0.25, 0.3) is 10.1 Å². The molecule has 2 nitrogen and oxygen atoms in total. The van der Waals surface area contributed by atoms with E-state index in [0.29, 0.717) is 10.2 Å². The van der Waals surface area contributed by atoms with Crippen LogP contribution in [0.5, 0.6) is 0 Å². The van der Waals surface area contributed by atoms with Gasteiger partial charge in [-0.25, -0.2) is 4.39 Å². The lowest BCUT2D eigenvalue weighted by atomic mass is 10.0. The van der Waals surface area contributed by atoms with E-state index < -0.39 is 0 Å². The highest BCUT2D eigenvalue weighted by Gasteiger charge is 2.24. The van der Waals surface area contributed by atoms with Crippen LogP contribution in [0.15, 0.2) is 24.3 Å². The van der Waals surface area contributed by atoms with Crippen LogP contribution in [0, 0.1) is 5.82 Å². The number of fused-ring (bicyclic) bond motifs is 1. The SMILES string of the molecule is CCC(C)(CBr)NC(=O)c1cc2ccc(F)cc2s1. The highest BCUT2D eigenvalue weighted by Crippen LogP contribution is 2.27. The Morgan fingerprint density at radius 1 is 1.47 bits per heavy atom. The first kappa shape index (κ1) is 14.5. The maximum Gasteiger partial charge on any atom is 0.261 e. The molecule has 102 valence electrons. The van der Waals surface area contributed by atoms with Gasteiger partial charge in [0.05, 0.1) is 4.88 Å². The Morgan fingerprint density at radius 3 is 2.84 bits per heavy atom. The van der Waals surface area contributed by atoms with Crippen LogP contribution in [0.4, 0.5) is 4.39 Å². The van der Waals surface area contributed by atoms with Crippen LogP contribution in [0.2, 0.25) is 0 Å². The molecule has 0 aliphatic rings.